The van der Waals surface area contributed by atoms with Crippen LogP contribution in [0.2, 0.25) is 0 Å². The van der Waals surface area contributed by atoms with Crippen LogP contribution in [0.3, 0.4) is 0 Å². The number of nitroso groups, excluding NO2 is 1. The number of rotatable bonds is 0. The topological polar surface area (TPSA) is 29.4 Å². The van der Waals surface area contributed by atoms with Crippen LogP contribution in [0.5, 0.6) is 0 Å². The Hall–Kier alpha value is 1.30. The van der Waals surface area contributed by atoms with Crippen LogP contribution in [-0.2, 0) is 0 Å². The maximum atomic E-state index is 8.33. The van der Waals surface area contributed by atoms with Gasteiger partial charge in [-0.25, -0.2) is 4.91 Å². The van der Waals surface area contributed by atoms with Crippen molar-refractivity contribution in [2.24, 2.45) is 5.09 Å². The van der Waals surface area contributed by atoms with Gasteiger partial charge in [-0.3, -0.25) is 0 Å². The molecule has 0 atom stereocenters. The minimum absolute atomic E-state index is 0. The van der Waals surface area contributed by atoms with E-state index >= 15 is 0 Å². The van der Waals surface area contributed by atoms with Gasteiger partial charge in [0.1, 0.15) is 0 Å². The summed E-state index contributed by atoms with van der Waals surface area (Å²) >= 11 is 0. The van der Waals surface area contributed by atoms with Gasteiger partial charge in [-0.1, -0.05) is 0 Å². The summed E-state index contributed by atoms with van der Waals surface area (Å²) in [5, 5.41) is 1.75. The fraction of sp³-hybridized carbons (Fsp3) is 0. The Morgan fingerprint density at radius 2 is 1.75 bits per heavy atom. The fourth-order valence-electron chi connectivity index (χ4n) is 0. The number of hydrogen-bond donors (Lipinski definition) is 0. The molecule has 0 bridgehead atoms. The van der Waals surface area contributed by atoms with Gasteiger partial charge in [0, 0.05) is 0 Å². The standard InChI is InChI=1S/BNO.K/c1-2-3;/q-1;+1. The molecule has 0 aliphatic carbocycles. The number of hydrogen-bond acceptors (Lipinski definition) is 2. The molecule has 0 rings (SSSR count). The van der Waals surface area contributed by atoms with E-state index in [1.165, 1.54) is 0 Å². The molecule has 0 aromatic rings. The molecule has 0 aliphatic heterocycles. The molecule has 0 saturated heterocycles. The first kappa shape index (κ1) is 9.00. The normalized spacial score (nSPS) is 3.25. The molecule has 0 unspecified atom stereocenters. The minimum Gasteiger partial charge on any atom is -0.414 e. The molecule has 0 aromatic carbocycles. The van der Waals surface area contributed by atoms with Gasteiger partial charge in [0.15, 0.2) is 0 Å². The molecule has 0 aromatic heterocycles. The SMILES string of the molecule is [B-]N=O.[K+]. The van der Waals surface area contributed by atoms with E-state index in [9.17, 15) is 0 Å². The zero-order valence-electron chi connectivity index (χ0n) is 2.43. The predicted molar refractivity (Wildman–Crippen MR) is 11.5 cm³/mol. The van der Waals surface area contributed by atoms with Crippen LogP contribution in [0.25, 0.3) is 0 Å². The van der Waals surface area contributed by atoms with Crippen molar-refractivity contribution < 1.29 is 51.4 Å². The molecule has 0 N–H and O–H groups in total. The zero-order chi connectivity index (χ0) is 2.71. The van der Waals surface area contributed by atoms with Gasteiger partial charge in [0.2, 0.25) is 0 Å². The summed E-state index contributed by atoms with van der Waals surface area (Å²) in [7, 11) is 3.92. The second-order valence-electron chi connectivity index (χ2n) is 0.105. The van der Waals surface area contributed by atoms with Crippen molar-refractivity contribution in [2.75, 3.05) is 0 Å². The van der Waals surface area contributed by atoms with E-state index in [0.717, 1.165) is 0 Å². The van der Waals surface area contributed by atoms with E-state index in [1.54, 1.807) is 5.09 Å². The molecule has 0 aliphatic rings. The third-order valence-corrected chi connectivity index (χ3v) is 0. The average molecular weight is 79.9 g/mol. The van der Waals surface area contributed by atoms with Crippen molar-refractivity contribution in [1.82, 2.24) is 0 Å². The smallest absolute Gasteiger partial charge is 0.414 e. The van der Waals surface area contributed by atoms with Gasteiger partial charge in [0.05, 0.1) is 0 Å². The van der Waals surface area contributed by atoms with Gasteiger partial charge in [-0.15, -0.1) is 0 Å². The summed E-state index contributed by atoms with van der Waals surface area (Å²) in [4.78, 5) is 8.33. The zero-order valence-corrected chi connectivity index (χ0v) is 5.56. The van der Waals surface area contributed by atoms with Gasteiger partial charge >= 0.3 is 51.4 Å². The van der Waals surface area contributed by atoms with Crippen LogP contribution in [0.15, 0.2) is 5.09 Å². The molecule has 0 saturated carbocycles. The minimum atomic E-state index is 0. The third-order valence-electron chi connectivity index (χ3n) is 0. The maximum Gasteiger partial charge on any atom is 1.00 e. The van der Waals surface area contributed by atoms with Crippen LogP contribution >= 0.6 is 0 Å². The largest absolute Gasteiger partial charge is 1.00 e. The molecule has 0 spiro atoms. The summed E-state index contributed by atoms with van der Waals surface area (Å²) in [5.41, 5.74) is 0. The first-order chi connectivity index (χ1) is 1.41. The van der Waals surface area contributed by atoms with Crippen molar-refractivity contribution >= 4 is 7.98 Å². The fourth-order valence-corrected chi connectivity index (χ4v) is 0. The first-order valence-electron chi connectivity index (χ1n) is 0.441. The van der Waals surface area contributed by atoms with Crippen LogP contribution in [0, 0.1) is 4.91 Å². The Bertz CT molecular complexity index is 15.5. The van der Waals surface area contributed by atoms with E-state index in [-0.39, 0.29) is 51.4 Å². The second-order valence-corrected chi connectivity index (χ2v) is 0.105. The summed E-state index contributed by atoms with van der Waals surface area (Å²) in [5.74, 6) is 0. The molecule has 15 valence electrons. The monoisotopic (exact) mass is 80.0 g/mol. The van der Waals surface area contributed by atoms with Crippen LogP contribution in [0.4, 0.5) is 0 Å². The molecule has 4 heavy (non-hydrogen) atoms. The molecular weight excluding hydrogens is 79.9 g/mol. The molecule has 0 fully saturated rings. The third kappa shape index (κ3) is 10.3. The van der Waals surface area contributed by atoms with Crippen molar-refractivity contribution in [3.63, 3.8) is 0 Å². The van der Waals surface area contributed by atoms with Gasteiger partial charge in [0.25, 0.3) is 0 Å². The Kier molecular flexibility index (Phi) is 19.9. The summed E-state index contributed by atoms with van der Waals surface area (Å²) in [6.07, 6.45) is 0. The van der Waals surface area contributed by atoms with Crippen LogP contribution < -0.4 is 51.4 Å². The summed E-state index contributed by atoms with van der Waals surface area (Å²) in [6.45, 7) is 0. The van der Waals surface area contributed by atoms with Crippen LogP contribution in [0.1, 0.15) is 0 Å². The molecule has 2 nitrogen and oxygen atoms in total. The first-order valence-corrected chi connectivity index (χ1v) is 0.441. The quantitative estimate of drug-likeness (QED) is 0.223. The molecule has 0 amide bonds. The van der Waals surface area contributed by atoms with E-state index in [1.807, 2.05) is 0 Å². The molecule has 4 heteroatoms. The Morgan fingerprint density at radius 1 is 1.75 bits per heavy atom. The van der Waals surface area contributed by atoms with Gasteiger partial charge < -0.3 is 13.1 Å². The van der Waals surface area contributed by atoms with E-state index < -0.39 is 0 Å². The van der Waals surface area contributed by atoms with Crippen molar-refractivity contribution in [3.8, 4) is 0 Å². The van der Waals surface area contributed by atoms with Crippen LogP contribution in [-0.4, -0.2) is 7.98 Å². The van der Waals surface area contributed by atoms with Gasteiger partial charge in [-0.05, 0) is 0 Å². The number of nitrogens with zero attached hydrogens (tertiary/aromatic N) is 1. The van der Waals surface area contributed by atoms with Crippen molar-refractivity contribution in [2.45, 2.75) is 0 Å². The predicted octanol–water partition coefficient (Wildman–Crippen LogP) is -3.16. The van der Waals surface area contributed by atoms with E-state index in [4.69, 9.17) is 4.91 Å². The Balaban J connectivity index is 0. The van der Waals surface area contributed by atoms with E-state index in [0.29, 0.717) is 0 Å². The molecule has 0 heterocycles. The van der Waals surface area contributed by atoms with Crippen molar-refractivity contribution in [3.05, 3.63) is 4.91 Å². The van der Waals surface area contributed by atoms with Gasteiger partial charge in [-0.2, -0.15) is 0 Å². The maximum absolute atomic E-state index is 8.33. The molecule has 3 radical (unpaired) electrons. The Morgan fingerprint density at radius 3 is 1.75 bits per heavy atom. The second kappa shape index (κ2) is 8.85. The average Bonchev–Trinajstić information content (AvgIpc) is 0.918. The Labute approximate surface area is 68.2 Å². The molecular formula is BKNO. The summed E-state index contributed by atoms with van der Waals surface area (Å²) < 4.78 is 0. The van der Waals surface area contributed by atoms with Crippen molar-refractivity contribution in [1.29, 1.82) is 0 Å². The summed E-state index contributed by atoms with van der Waals surface area (Å²) in [6, 6.07) is 0. The van der Waals surface area contributed by atoms with E-state index in [2.05, 4.69) is 7.98 Å².